The van der Waals surface area contributed by atoms with E-state index in [0.717, 1.165) is 135 Å². The van der Waals surface area contributed by atoms with Crippen LogP contribution in [0.15, 0.2) is 48.8 Å². The molecule has 3 N–H and O–H groups in total. The van der Waals surface area contributed by atoms with Crippen LogP contribution in [0.25, 0.3) is 22.3 Å². The van der Waals surface area contributed by atoms with Crippen molar-refractivity contribution >= 4 is 46.0 Å². The number of nitrogens with zero attached hydrogens (tertiary/aromatic N) is 8. The number of ether oxygens (including phenoxy) is 1. The third-order valence-electron chi connectivity index (χ3n) is 13.6. The van der Waals surface area contributed by atoms with Gasteiger partial charge in [0.25, 0.3) is 11.8 Å². The number of carbonyl (C=O) groups is 4. The van der Waals surface area contributed by atoms with Crippen LogP contribution in [-0.2, 0) is 9.59 Å². The maximum atomic E-state index is 13.4. The maximum Gasteiger partial charge on any atom is 0.262 e. The molecule has 2 aromatic carbocycles. The molecule has 7 heterocycles. The van der Waals surface area contributed by atoms with Crippen LogP contribution in [0.5, 0.6) is 5.75 Å². The number of benzene rings is 2. The lowest BCUT2D eigenvalue weighted by atomic mass is 9.91. The third kappa shape index (κ3) is 7.55. The Morgan fingerprint density at radius 3 is 2.37 bits per heavy atom. The number of aromatic amines is 1. The minimum Gasteiger partial charge on any atom is -0.488 e. The number of hydrogen-bond acceptors (Lipinski definition) is 12. The van der Waals surface area contributed by atoms with Gasteiger partial charge in [-0.2, -0.15) is 5.10 Å². The molecular weight excluding hydrogens is 765 g/mol. The van der Waals surface area contributed by atoms with Crippen molar-refractivity contribution in [2.24, 2.45) is 11.8 Å². The van der Waals surface area contributed by atoms with Gasteiger partial charge in [0.15, 0.2) is 0 Å². The lowest BCUT2D eigenvalue weighted by Gasteiger charge is -2.40. The van der Waals surface area contributed by atoms with Crippen molar-refractivity contribution in [3.05, 3.63) is 59.9 Å². The number of aromatic nitrogens is 4. The molecule has 16 heteroatoms. The van der Waals surface area contributed by atoms with Gasteiger partial charge in [-0.25, -0.2) is 9.97 Å². The summed E-state index contributed by atoms with van der Waals surface area (Å²) in [4.78, 5) is 71.1. The second-order valence-corrected chi connectivity index (χ2v) is 17.8. The first-order chi connectivity index (χ1) is 29.1. The van der Waals surface area contributed by atoms with Gasteiger partial charge in [0.05, 0.1) is 28.4 Å². The Morgan fingerprint density at radius 2 is 1.60 bits per heavy atom. The predicted octanol–water partition coefficient (Wildman–Crippen LogP) is 3.42. The highest BCUT2D eigenvalue weighted by molar-refractivity contribution is 6.22. The minimum atomic E-state index is -1.28. The smallest absolute Gasteiger partial charge is 0.262 e. The van der Waals surface area contributed by atoms with Crippen molar-refractivity contribution in [3.63, 3.8) is 0 Å². The average Bonchev–Trinajstić information content (AvgIpc) is 3.74. The molecular formula is C44H52N10O6. The van der Waals surface area contributed by atoms with Gasteiger partial charge in [-0.05, 0) is 93.7 Å². The molecule has 4 amide bonds. The fourth-order valence-corrected chi connectivity index (χ4v) is 9.75. The Labute approximate surface area is 348 Å². The van der Waals surface area contributed by atoms with Gasteiger partial charge < -0.3 is 29.9 Å². The Morgan fingerprint density at radius 1 is 0.817 bits per heavy atom. The number of anilines is 2. The Balaban J connectivity index is 0.679. The standard InChI is InChI=1S/C44H52N10O6/c1-44(11-12-44)60-30-3-5-34-33(22-30)40(49-48-34)35-23-37(46-26-45-35)52-18-16-50(17-19-52)24-28-10-15-53(39(56)20-28)25-27-8-13-51(14-9-27)29-2-4-31-32(21-29)43(59)54(42(31)58)36-6-7-38(55)47-41(36)57/h2-5,21-23,26-28,36,41,57H,6-20,24-25H2,1H3,(H,47,55)(H,48,49)/t28-,36?,41?/m1/s1. The zero-order chi connectivity index (χ0) is 41.1. The fourth-order valence-electron chi connectivity index (χ4n) is 9.75. The average molecular weight is 817 g/mol. The first-order valence-corrected chi connectivity index (χ1v) is 21.6. The summed E-state index contributed by atoms with van der Waals surface area (Å²) in [6.45, 7) is 9.74. The minimum absolute atomic E-state index is 0.0599. The third-order valence-corrected chi connectivity index (χ3v) is 13.6. The van der Waals surface area contributed by atoms with E-state index < -0.39 is 24.1 Å². The molecule has 60 heavy (non-hydrogen) atoms. The molecule has 0 bridgehead atoms. The van der Waals surface area contributed by atoms with Crippen LogP contribution in [0.1, 0.15) is 79.0 Å². The number of fused-ring (bicyclic) bond motifs is 2. The van der Waals surface area contributed by atoms with Gasteiger partial charge in [-0.1, -0.05) is 0 Å². The van der Waals surface area contributed by atoms with Gasteiger partial charge in [-0.15, -0.1) is 0 Å². The number of amides is 4. The normalized spacial score (nSPS) is 24.9. The monoisotopic (exact) mass is 816 g/mol. The second-order valence-electron chi connectivity index (χ2n) is 17.8. The van der Waals surface area contributed by atoms with E-state index in [1.54, 1.807) is 18.5 Å². The Kier molecular flexibility index (Phi) is 9.94. The molecule has 6 aliphatic rings. The van der Waals surface area contributed by atoms with Crippen molar-refractivity contribution in [1.29, 1.82) is 0 Å². The molecule has 314 valence electrons. The number of imide groups is 1. The molecule has 5 fully saturated rings. The number of nitrogens with one attached hydrogen (secondary N) is 2. The van der Waals surface area contributed by atoms with Gasteiger partial charge in [0.2, 0.25) is 11.8 Å². The van der Waals surface area contributed by atoms with Crippen molar-refractivity contribution in [2.75, 3.05) is 68.7 Å². The van der Waals surface area contributed by atoms with Crippen molar-refractivity contribution in [2.45, 2.75) is 76.2 Å². The van der Waals surface area contributed by atoms with Crippen LogP contribution in [0.4, 0.5) is 11.5 Å². The highest BCUT2D eigenvalue weighted by atomic mass is 16.5. The summed E-state index contributed by atoms with van der Waals surface area (Å²) in [6, 6.07) is 12.7. The molecule has 1 saturated carbocycles. The number of H-pyrrole nitrogens is 1. The number of rotatable bonds is 10. The predicted molar refractivity (Wildman–Crippen MR) is 222 cm³/mol. The van der Waals surface area contributed by atoms with E-state index in [2.05, 4.69) is 58.1 Å². The topological polar surface area (TPSA) is 180 Å². The molecule has 0 spiro atoms. The number of aliphatic hydroxyl groups excluding tert-OH is 1. The fraction of sp³-hybridized carbons (Fsp3) is 0.523. The van der Waals surface area contributed by atoms with Crippen LogP contribution in [-0.4, -0.2) is 140 Å². The first kappa shape index (κ1) is 38.6. The summed E-state index contributed by atoms with van der Waals surface area (Å²) in [5.74, 6) is 1.58. The highest BCUT2D eigenvalue weighted by Crippen LogP contribution is 2.41. The van der Waals surface area contributed by atoms with Crippen molar-refractivity contribution in [3.8, 4) is 17.1 Å². The summed E-state index contributed by atoms with van der Waals surface area (Å²) in [5, 5.41) is 21.6. The maximum absolute atomic E-state index is 13.4. The molecule has 4 saturated heterocycles. The molecule has 5 aliphatic heterocycles. The number of piperazine rings is 1. The van der Waals surface area contributed by atoms with Gasteiger partial charge in [0, 0.05) is 88.9 Å². The Bertz CT molecular complexity index is 2330. The highest BCUT2D eigenvalue weighted by Gasteiger charge is 2.45. The van der Waals surface area contributed by atoms with E-state index >= 15 is 0 Å². The van der Waals surface area contributed by atoms with Crippen LogP contribution in [0, 0.1) is 11.8 Å². The quantitative estimate of drug-likeness (QED) is 0.199. The lowest BCUT2D eigenvalue weighted by Crippen LogP contribution is -2.57. The number of hydrogen-bond donors (Lipinski definition) is 3. The zero-order valence-electron chi connectivity index (χ0n) is 34.0. The van der Waals surface area contributed by atoms with E-state index in [9.17, 15) is 24.3 Å². The van der Waals surface area contributed by atoms with Crippen molar-refractivity contribution in [1.82, 2.24) is 40.2 Å². The molecule has 0 radical (unpaired) electrons. The molecule has 10 rings (SSSR count). The molecule has 4 aromatic rings. The zero-order valence-corrected chi connectivity index (χ0v) is 34.0. The Hall–Kier alpha value is -5.61. The van der Waals surface area contributed by atoms with Gasteiger partial charge in [0.1, 0.15) is 35.4 Å². The van der Waals surface area contributed by atoms with Crippen molar-refractivity contribution < 1.29 is 29.0 Å². The van der Waals surface area contributed by atoms with E-state index in [0.29, 0.717) is 29.4 Å². The number of piperidine rings is 3. The van der Waals surface area contributed by atoms with E-state index in [1.807, 2.05) is 24.3 Å². The SMILES string of the molecule is CC1(Oc2ccc3[nH]nc(-c4cc(N5CCN(C[C@@H]6CCN(CC7CCN(c8ccc9c(c8)C(=O)N(C8CCC(=O)NC8O)C9=O)CC7)C(=O)C6)CC5)ncn4)c3c2)CC1. The number of carbonyl (C=O) groups excluding carboxylic acids is 4. The largest absolute Gasteiger partial charge is 0.488 e. The first-order valence-electron chi connectivity index (χ1n) is 21.6. The molecule has 2 unspecified atom stereocenters. The van der Waals surface area contributed by atoms with Crippen LogP contribution < -0.4 is 19.9 Å². The molecule has 1 aliphatic carbocycles. The van der Waals surface area contributed by atoms with Crippen LogP contribution in [0.2, 0.25) is 0 Å². The summed E-state index contributed by atoms with van der Waals surface area (Å²) >= 11 is 0. The van der Waals surface area contributed by atoms with Gasteiger partial charge in [-0.3, -0.25) is 34.1 Å². The van der Waals surface area contributed by atoms with E-state index in [-0.39, 0.29) is 30.3 Å². The second kappa shape index (κ2) is 15.4. The molecule has 2 aromatic heterocycles. The molecule has 16 nitrogen and oxygen atoms in total. The number of aliphatic hydroxyl groups is 1. The summed E-state index contributed by atoms with van der Waals surface area (Å²) in [7, 11) is 0. The summed E-state index contributed by atoms with van der Waals surface area (Å²) < 4.78 is 6.22. The summed E-state index contributed by atoms with van der Waals surface area (Å²) in [6.07, 6.45) is 6.33. The summed E-state index contributed by atoms with van der Waals surface area (Å²) in [5.41, 5.74) is 4.00. The molecule has 3 atom stereocenters. The number of likely N-dealkylation sites (tertiary alicyclic amines) is 1. The van der Waals surface area contributed by atoms with E-state index in [4.69, 9.17) is 4.74 Å². The van der Waals surface area contributed by atoms with E-state index in [1.165, 1.54) is 0 Å². The van der Waals surface area contributed by atoms with Crippen LogP contribution >= 0.6 is 0 Å². The van der Waals surface area contributed by atoms with Gasteiger partial charge >= 0.3 is 0 Å². The lowest BCUT2D eigenvalue weighted by molar-refractivity contribution is -0.136. The van der Waals surface area contributed by atoms with Crippen LogP contribution in [0.3, 0.4) is 0 Å².